The third kappa shape index (κ3) is 3.63. The number of pyridine rings is 1. The van der Waals surface area contributed by atoms with Crippen molar-refractivity contribution in [1.82, 2.24) is 15.0 Å². The minimum Gasteiger partial charge on any atom is -0.315 e. The molecule has 2 heterocycles. The summed E-state index contributed by atoms with van der Waals surface area (Å²) in [6.07, 6.45) is 3.38. The van der Waals surface area contributed by atoms with Gasteiger partial charge in [-0.1, -0.05) is 0 Å². The lowest BCUT2D eigenvalue weighted by Gasteiger charge is -2.07. The number of aromatic nitrogens is 1. The van der Waals surface area contributed by atoms with Gasteiger partial charge in [-0.3, -0.25) is 4.98 Å². The van der Waals surface area contributed by atoms with Gasteiger partial charge in [0.05, 0.1) is 0 Å². The highest BCUT2D eigenvalue weighted by atomic mass is 32.2. The zero-order valence-corrected chi connectivity index (χ0v) is 13.0. The molecule has 2 aromatic heterocycles. The number of hydrogen-bond acceptors (Lipinski definition) is 5. The maximum absolute atomic E-state index is 12.2. The average molecular weight is 311 g/mol. The Kier molecular flexibility index (Phi) is 4.87. The number of nitrogens with one attached hydrogen (secondary N) is 2. The van der Waals surface area contributed by atoms with Gasteiger partial charge in [0.1, 0.15) is 4.21 Å². The quantitative estimate of drug-likeness (QED) is 0.851. The molecule has 108 valence electrons. The first-order valence-corrected chi connectivity index (χ1v) is 8.45. The van der Waals surface area contributed by atoms with Crippen LogP contribution >= 0.6 is 11.3 Å². The van der Waals surface area contributed by atoms with E-state index in [0.29, 0.717) is 10.8 Å². The molecule has 2 aromatic rings. The zero-order valence-electron chi connectivity index (χ0n) is 11.4. The Morgan fingerprint density at radius 1 is 1.25 bits per heavy atom. The lowest BCUT2D eigenvalue weighted by molar-refractivity contribution is 0.583. The first kappa shape index (κ1) is 15.1. The Balaban J connectivity index is 2.09. The summed E-state index contributed by atoms with van der Waals surface area (Å²) in [5, 5.41) is 3.00. The number of nitrogens with zero attached hydrogens (tertiary/aromatic N) is 1. The van der Waals surface area contributed by atoms with Crippen LogP contribution in [0, 0.1) is 6.92 Å². The van der Waals surface area contributed by atoms with Crippen molar-refractivity contribution in [1.29, 1.82) is 0 Å². The summed E-state index contributed by atoms with van der Waals surface area (Å²) < 4.78 is 27.4. The maximum Gasteiger partial charge on any atom is 0.250 e. The van der Waals surface area contributed by atoms with E-state index in [4.69, 9.17) is 0 Å². The van der Waals surface area contributed by atoms with Crippen molar-refractivity contribution in [3.63, 3.8) is 0 Å². The number of rotatable bonds is 6. The molecule has 0 bridgehead atoms. The summed E-state index contributed by atoms with van der Waals surface area (Å²) in [4.78, 5) is 4.98. The minimum atomic E-state index is -3.45. The minimum absolute atomic E-state index is 0.274. The van der Waals surface area contributed by atoms with Crippen molar-refractivity contribution in [2.24, 2.45) is 0 Å². The van der Waals surface area contributed by atoms with Gasteiger partial charge < -0.3 is 5.32 Å². The topological polar surface area (TPSA) is 71.1 Å². The summed E-state index contributed by atoms with van der Waals surface area (Å²) in [6.45, 7) is 2.85. The molecular formula is C13H17N3O2S2. The molecule has 0 saturated heterocycles. The Bertz CT molecular complexity index is 680. The van der Waals surface area contributed by atoms with E-state index in [9.17, 15) is 8.42 Å². The molecule has 0 aliphatic carbocycles. The van der Waals surface area contributed by atoms with Crippen LogP contribution in [0.25, 0.3) is 0 Å². The molecule has 7 heteroatoms. The smallest absolute Gasteiger partial charge is 0.250 e. The van der Waals surface area contributed by atoms with Crippen LogP contribution in [-0.4, -0.2) is 20.4 Å². The normalized spacial score (nSPS) is 11.7. The SMILES string of the molecule is CNCc1ccc(S(=O)(=O)NCc2ccncc2C)s1. The molecule has 0 aliphatic rings. The van der Waals surface area contributed by atoms with Crippen molar-refractivity contribution in [3.8, 4) is 0 Å². The number of hydrogen-bond donors (Lipinski definition) is 2. The van der Waals surface area contributed by atoms with Crippen LogP contribution in [0.15, 0.2) is 34.8 Å². The molecule has 20 heavy (non-hydrogen) atoms. The molecule has 0 unspecified atom stereocenters. The van der Waals surface area contributed by atoms with E-state index in [1.54, 1.807) is 18.5 Å². The molecule has 0 aromatic carbocycles. The summed E-state index contributed by atoms with van der Waals surface area (Å²) >= 11 is 1.28. The van der Waals surface area contributed by atoms with Crippen molar-refractivity contribution in [2.45, 2.75) is 24.2 Å². The van der Waals surface area contributed by atoms with Crippen LogP contribution in [0.1, 0.15) is 16.0 Å². The summed E-state index contributed by atoms with van der Waals surface area (Å²) in [7, 11) is -1.62. The van der Waals surface area contributed by atoms with Crippen LogP contribution < -0.4 is 10.0 Å². The maximum atomic E-state index is 12.2. The second kappa shape index (κ2) is 6.45. The van der Waals surface area contributed by atoms with E-state index >= 15 is 0 Å². The Morgan fingerprint density at radius 3 is 2.75 bits per heavy atom. The molecule has 0 atom stereocenters. The fraction of sp³-hybridized carbons (Fsp3) is 0.308. The fourth-order valence-electron chi connectivity index (χ4n) is 1.72. The van der Waals surface area contributed by atoms with Crippen LogP contribution in [0.3, 0.4) is 0 Å². The average Bonchev–Trinajstić information content (AvgIpc) is 2.88. The molecule has 0 spiro atoms. The van der Waals surface area contributed by atoms with E-state index in [-0.39, 0.29) is 6.54 Å². The molecular weight excluding hydrogens is 294 g/mol. The summed E-state index contributed by atoms with van der Waals surface area (Å²) in [6, 6.07) is 5.28. The number of sulfonamides is 1. The highest BCUT2D eigenvalue weighted by Crippen LogP contribution is 2.21. The van der Waals surface area contributed by atoms with Gasteiger partial charge in [-0.15, -0.1) is 11.3 Å². The Hall–Kier alpha value is -1.28. The monoisotopic (exact) mass is 311 g/mol. The second-order valence-electron chi connectivity index (χ2n) is 4.38. The standard InChI is InChI=1S/C13H17N3O2S2/c1-10-7-15-6-5-11(10)8-16-20(17,18)13-4-3-12(19-13)9-14-2/h3-7,14,16H,8-9H2,1-2H3. The Morgan fingerprint density at radius 2 is 2.05 bits per heavy atom. The van der Waals surface area contributed by atoms with Crippen LogP contribution in [0.4, 0.5) is 0 Å². The molecule has 0 saturated carbocycles. The fourth-order valence-corrected chi connectivity index (χ4v) is 4.14. The van der Waals surface area contributed by atoms with Gasteiger partial charge >= 0.3 is 0 Å². The van der Waals surface area contributed by atoms with E-state index in [1.807, 2.05) is 26.1 Å². The first-order valence-electron chi connectivity index (χ1n) is 6.15. The number of aryl methyl sites for hydroxylation is 1. The lowest BCUT2D eigenvalue weighted by Crippen LogP contribution is -2.22. The van der Waals surface area contributed by atoms with Gasteiger partial charge in [-0.25, -0.2) is 13.1 Å². The third-order valence-electron chi connectivity index (χ3n) is 2.84. The van der Waals surface area contributed by atoms with E-state index in [0.717, 1.165) is 16.0 Å². The number of thiophene rings is 1. The highest BCUT2D eigenvalue weighted by molar-refractivity contribution is 7.91. The predicted molar refractivity (Wildman–Crippen MR) is 80.1 cm³/mol. The largest absolute Gasteiger partial charge is 0.315 e. The van der Waals surface area contributed by atoms with Crippen molar-refractivity contribution < 1.29 is 8.42 Å². The molecule has 0 radical (unpaired) electrons. The molecule has 0 amide bonds. The predicted octanol–water partition coefficient (Wildman–Crippen LogP) is 1.65. The molecule has 2 rings (SSSR count). The third-order valence-corrected chi connectivity index (χ3v) is 5.82. The van der Waals surface area contributed by atoms with Crippen molar-refractivity contribution in [3.05, 3.63) is 46.6 Å². The van der Waals surface area contributed by atoms with E-state index in [2.05, 4.69) is 15.0 Å². The van der Waals surface area contributed by atoms with E-state index in [1.165, 1.54) is 11.3 Å². The summed E-state index contributed by atoms with van der Waals surface area (Å²) in [5.74, 6) is 0. The van der Waals surface area contributed by atoms with Gasteiger partial charge in [-0.2, -0.15) is 0 Å². The van der Waals surface area contributed by atoms with Gasteiger partial charge in [0, 0.05) is 30.4 Å². The van der Waals surface area contributed by atoms with Gasteiger partial charge in [0.25, 0.3) is 0 Å². The lowest BCUT2D eigenvalue weighted by atomic mass is 10.2. The highest BCUT2D eigenvalue weighted by Gasteiger charge is 2.16. The van der Waals surface area contributed by atoms with Crippen molar-refractivity contribution >= 4 is 21.4 Å². The van der Waals surface area contributed by atoms with Crippen LogP contribution in [-0.2, 0) is 23.1 Å². The molecule has 0 aliphatic heterocycles. The van der Waals surface area contributed by atoms with Crippen LogP contribution in [0.2, 0.25) is 0 Å². The summed E-state index contributed by atoms with van der Waals surface area (Å²) in [5.41, 5.74) is 1.90. The molecule has 0 fully saturated rings. The first-order chi connectivity index (χ1) is 9.53. The van der Waals surface area contributed by atoms with Gasteiger partial charge in [-0.05, 0) is 43.3 Å². The van der Waals surface area contributed by atoms with E-state index < -0.39 is 10.0 Å². The van der Waals surface area contributed by atoms with Gasteiger partial charge in [0.15, 0.2) is 0 Å². The van der Waals surface area contributed by atoms with Crippen molar-refractivity contribution in [2.75, 3.05) is 7.05 Å². The Labute approximate surface area is 123 Å². The molecule has 5 nitrogen and oxygen atoms in total. The second-order valence-corrected chi connectivity index (χ2v) is 7.54. The van der Waals surface area contributed by atoms with Crippen LogP contribution in [0.5, 0.6) is 0 Å². The van der Waals surface area contributed by atoms with Gasteiger partial charge in [0.2, 0.25) is 10.0 Å². The molecule has 2 N–H and O–H groups in total. The zero-order chi connectivity index (χ0) is 14.6.